The number of hydrogen-bond acceptors (Lipinski definition) is 8. The number of aliphatic imine (C=N–C) groups is 2. The molecule has 0 aromatic heterocycles. The number of nitrogens with one attached hydrogen (secondary N) is 4. The van der Waals surface area contributed by atoms with Crippen LogP contribution < -0.4 is 21.3 Å². The van der Waals surface area contributed by atoms with E-state index in [1.165, 1.54) is 14.1 Å². The summed E-state index contributed by atoms with van der Waals surface area (Å²) in [4.78, 5) is 33.7. The van der Waals surface area contributed by atoms with E-state index >= 15 is 0 Å². The smallest absolute Gasteiger partial charge is 0.263 e. The van der Waals surface area contributed by atoms with Gasteiger partial charge in [-0.2, -0.15) is 10.5 Å². The van der Waals surface area contributed by atoms with E-state index in [9.17, 15) is 20.1 Å². The zero-order chi connectivity index (χ0) is 28.2. The summed E-state index contributed by atoms with van der Waals surface area (Å²) in [5.74, 6) is 0.0360. The van der Waals surface area contributed by atoms with Gasteiger partial charge in [0.05, 0.1) is 11.4 Å². The molecule has 0 saturated heterocycles. The molecule has 0 spiro atoms. The number of amides is 2. The number of rotatable bonds is 4. The Hall–Kier alpha value is -6.00. The Balaban J connectivity index is 1.42. The number of nitriles is 2. The first-order valence-corrected chi connectivity index (χ1v) is 12.2. The summed E-state index contributed by atoms with van der Waals surface area (Å²) < 4.78 is 0. The second kappa shape index (κ2) is 10.8. The number of carbonyl (C=O) groups excluding carboxylic acids is 2. The maximum atomic E-state index is 12.2. The van der Waals surface area contributed by atoms with Crippen LogP contribution in [-0.4, -0.2) is 37.6 Å². The Bertz CT molecular complexity index is 1640. The van der Waals surface area contributed by atoms with Crippen molar-refractivity contribution in [3.63, 3.8) is 0 Å². The molecule has 10 heteroatoms. The molecule has 4 N–H and O–H groups in total. The molecular weight excluding hydrogens is 504 g/mol. The molecule has 3 aromatic carbocycles. The molecule has 0 radical (unpaired) electrons. The molecule has 0 unspecified atom stereocenters. The van der Waals surface area contributed by atoms with E-state index in [0.717, 1.165) is 22.5 Å². The van der Waals surface area contributed by atoms with Crippen molar-refractivity contribution in [1.82, 2.24) is 10.6 Å². The Morgan fingerprint density at radius 2 is 0.950 bits per heavy atom. The average molecular weight is 527 g/mol. The molecule has 2 amide bonds. The Morgan fingerprint density at radius 3 is 1.27 bits per heavy atom. The monoisotopic (exact) mass is 526 g/mol. The minimum Gasteiger partial charge on any atom is -0.354 e. The van der Waals surface area contributed by atoms with E-state index in [2.05, 4.69) is 31.3 Å². The molecular formula is C30H22N8O2. The summed E-state index contributed by atoms with van der Waals surface area (Å²) in [5.41, 5.74) is 4.91. The van der Waals surface area contributed by atoms with Crippen LogP contribution in [0.1, 0.15) is 22.3 Å². The summed E-state index contributed by atoms with van der Waals surface area (Å²) in [6.45, 7) is 0. The van der Waals surface area contributed by atoms with Crippen molar-refractivity contribution < 1.29 is 9.59 Å². The van der Waals surface area contributed by atoms with Crippen LogP contribution in [0, 0.1) is 22.7 Å². The van der Waals surface area contributed by atoms with Crippen LogP contribution in [0.4, 0.5) is 11.4 Å². The predicted octanol–water partition coefficient (Wildman–Crippen LogP) is 3.39. The molecule has 2 aliphatic heterocycles. The van der Waals surface area contributed by atoms with E-state index in [1.807, 2.05) is 84.9 Å². The highest BCUT2D eigenvalue weighted by atomic mass is 16.2. The van der Waals surface area contributed by atoms with Gasteiger partial charge in [-0.3, -0.25) is 9.59 Å². The van der Waals surface area contributed by atoms with Crippen LogP contribution in [0.2, 0.25) is 0 Å². The van der Waals surface area contributed by atoms with Crippen molar-refractivity contribution in [2.75, 3.05) is 24.7 Å². The third-order valence-electron chi connectivity index (χ3n) is 6.34. The third-order valence-corrected chi connectivity index (χ3v) is 6.34. The normalized spacial score (nSPS) is 15.3. The average Bonchev–Trinajstić information content (AvgIpc) is 3.53. The molecule has 2 heterocycles. The number of likely N-dealkylation sites (N-methyl/N-ethyl adjacent to an activating group) is 2. The maximum Gasteiger partial charge on any atom is 0.263 e. The number of nitrogens with zero attached hydrogens (tertiary/aromatic N) is 4. The van der Waals surface area contributed by atoms with Crippen LogP contribution in [-0.2, 0) is 9.59 Å². The minimum absolute atomic E-state index is 0.0618. The summed E-state index contributed by atoms with van der Waals surface area (Å²) in [7, 11) is 2.94. The van der Waals surface area contributed by atoms with E-state index in [1.54, 1.807) is 0 Å². The van der Waals surface area contributed by atoms with Gasteiger partial charge in [-0.05, 0) is 24.3 Å². The SMILES string of the molecule is CNC(=O)C(C#N)=C1N=C(Nc2ccc(NC3=NC(=C(C#N)C(=O)NC)c4ccccc43)cc2)c2ccccc21. The van der Waals surface area contributed by atoms with Crippen molar-refractivity contribution in [1.29, 1.82) is 10.5 Å². The number of fused-ring (bicyclic) bond motifs is 2. The van der Waals surface area contributed by atoms with E-state index in [0.29, 0.717) is 34.2 Å². The first-order chi connectivity index (χ1) is 19.5. The van der Waals surface area contributed by atoms with Gasteiger partial charge in [0.1, 0.15) is 35.0 Å². The maximum absolute atomic E-state index is 12.2. The quantitative estimate of drug-likeness (QED) is 0.302. The molecule has 3 aromatic rings. The van der Waals surface area contributed by atoms with Gasteiger partial charge in [-0.15, -0.1) is 0 Å². The van der Waals surface area contributed by atoms with Gasteiger partial charge < -0.3 is 21.3 Å². The first-order valence-electron chi connectivity index (χ1n) is 12.2. The third kappa shape index (κ3) is 4.57. The van der Waals surface area contributed by atoms with Crippen molar-refractivity contribution >= 4 is 46.3 Å². The summed E-state index contributed by atoms with van der Waals surface area (Å²) in [5, 5.41) is 30.7. The van der Waals surface area contributed by atoms with E-state index in [4.69, 9.17) is 0 Å². The van der Waals surface area contributed by atoms with E-state index in [-0.39, 0.29) is 11.1 Å². The fourth-order valence-corrected chi connectivity index (χ4v) is 4.41. The summed E-state index contributed by atoms with van der Waals surface area (Å²) >= 11 is 0. The molecule has 0 atom stereocenters. The second-order valence-corrected chi connectivity index (χ2v) is 8.67. The Kier molecular flexibility index (Phi) is 6.91. The highest BCUT2D eigenvalue weighted by Crippen LogP contribution is 2.33. The van der Waals surface area contributed by atoms with Crippen molar-refractivity contribution in [3.8, 4) is 12.1 Å². The predicted molar refractivity (Wildman–Crippen MR) is 153 cm³/mol. The second-order valence-electron chi connectivity index (χ2n) is 8.67. The Labute approximate surface area is 230 Å². The molecule has 0 bridgehead atoms. The van der Waals surface area contributed by atoms with E-state index < -0.39 is 11.8 Å². The van der Waals surface area contributed by atoms with Gasteiger partial charge in [0.15, 0.2) is 0 Å². The molecule has 0 fully saturated rings. The van der Waals surface area contributed by atoms with Gasteiger partial charge in [-0.25, -0.2) is 9.98 Å². The number of carbonyl (C=O) groups is 2. The molecule has 10 nitrogen and oxygen atoms in total. The van der Waals surface area contributed by atoms with Crippen LogP contribution in [0.25, 0.3) is 11.4 Å². The fourth-order valence-electron chi connectivity index (χ4n) is 4.41. The van der Waals surface area contributed by atoms with Crippen LogP contribution >= 0.6 is 0 Å². The highest BCUT2D eigenvalue weighted by Gasteiger charge is 2.27. The minimum atomic E-state index is -0.501. The number of hydrogen-bond donors (Lipinski definition) is 4. The lowest BCUT2D eigenvalue weighted by Gasteiger charge is -2.10. The van der Waals surface area contributed by atoms with Crippen molar-refractivity contribution in [2.24, 2.45) is 9.98 Å². The highest BCUT2D eigenvalue weighted by molar-refractivity contribution is 6.21. The molecule has 0 saturated carbocycles. The fraction of sp³-hybridized carbons (Fsp3) is 0.0667. The largest absolute Gasteiger partial charge is 0.354 e. The lowest BCUT2D eigenvalue weighted by molar-refractivity contribution is -0.117. The van der Waals surface area contributed by atoms with Gasteiger partial charge >= 0.3 is 0 Å². The van der Waals surface area contributed by atoms with Gasteiger partial charge in [-0.1, -0.05) is 48.5 Å². The van der Waals surface area contributed by atoms with Gasteiger partial charge in [0.25, 0.3) is 11.8 Å². The first kappa shape index (κ1) is 25.6. The number of amidine groups is 2. The summed E-state index contributed by atoms with van der Waals surface area (Å²) in [6.07, 6.45) is 0. The molecule has 2 aliphatic rings. The topological polar surface area (TPSA) is 155 Å². The van der Waals surface area contributed by atoms with Gasteiger partial charge in [0, 0.05) is 47.7 Å². The molecule has 5 rings (SSSR count). The van der Waals surface area contributed by atoms with Crippen LogP contribution in [0.15, 0.2) is 93.9 Å². The summed E-state index contributed by atoms with van der Waals surface area (Å²) in [6, 6.07) is 26.1. The van der Waals surface area contributed by atoms with Crippen LogP contribution in [0.5, 0.6) is 0 Å². The molecule has 0 aliphatic carbocycles. The molecule has 40 heavy (non-hydrogen) atoms. The zero-order valence-electron chi connectivity index (χ0n) is 21.5. The van der Waals surface area contributed by atoms with Crippen LogP contribution in [0.3, 0.4) is 0 Å². The Morgan fingerprint density at radius 1 is 0.600 bits per heavy atom. The zero-order valence-corrected chi connectivity index (χ0v) is 21.5. The lowest BCUT2D eigenvalue weighted by atomic mass is 10.0. The van der Waals surface area contributed by atoms with Crippen molar-refractivity contribution in [2.45, 2.75) is 0 Å². The number of benzene rings is 3. The van der Waals surface area contributed by atoms with Crippen molar-refractivity contribution in [3.05, 3.63) is 106 Å². The van der Waals surface area contributed by atoms with Gasteiger partial charge in [0.2, 0.25) is 0 Å². The lowest BCUT2D eigenvalue weighted by Crippen LogP contribution is -2.20. The number of anilines is 2. The standard InChI is InChI=1S/C30H22N8O2/c1-33-29(39)23(15-31)25-19-7-3-5-9-21(19)27(37-25)35-17-11-13-18(14-12-17)36-28-22-10-6-4-8-20(22)26(38-28)24(16-32)30(40)34-2/h3-14H,1-2H3,(H,33,39)(H,34,40)(H,35,37)(H,36,38). The molecule has 194 valence electrons.